The van der Waals surface area contributed by atoms with Gasteiger partial charge in [-0.15, -0.1) is 0 Å². The van der Waals surface area contributed by atoms with E-state index in [2.05, 4.69) is 4.98 Å². The molecular formula is C13H12N2O6. The van der Waals surface area contributed by atoms with Gasteiger partial charge in [0, 0.05) is 6.07 Å². The van der Waals surface area contributed by atoms with Gasteiger partial charge >= 0.3 is 11.9 Å². The van der Waals surface area contributed by atoms with E-state index in [0.717, 1.165) is 0 Å². The van der Waals surface area contributed by atoms with E-state index in [-0.39, 0.29) is 29.7 Å². The summed E-state index contributed by atoms with van der Waals surface area (Å²) in [6, 6.07) is 4.47. The molecule has 1 aromatic heterocycles. The lowest BCUT2D eigenvalue weighted by Gasteiger charge is -2.02. The summed E-state index contributed by atoms with van der Waals surface area (Å²) < 4.78 is 10.3. The van der Waals surface area contributed by atoms with Gasteiger partial charge in [-0.2, -0.15) is 4.98 Å². The highest BCUT2D eigenvalue weighted by Gasteiger charge is 2.27. The van der Waals surface area contributed by atoms with Crippen LogP contribution in [0.4, 0.5) is 5.69 Å². The molecule has 0 spiro atoms. The maximum absolute atomic E-state index is 11.1. The summed E-state index contributed by atoms with van der Waals surface area (Å²) in [6.07, 6.45) is 0. The first-order valence-corrected chi connectivity index (χ1v) is 6.07. The molecule has 0 amide bonds. The van der Waals surface area contributed by atoms with Crippen molar-refractivity contribution in [3.8, 4) is 17.4 Å². The summed E-state index contributed by atoms with van der Waals surface area (Å²) in [5, 5.41) is 20.2. The normalized spacial score (nSPS) is 10.4. The number of carboxylic acid groups (broad SMARTS) is 1. The molecule has 0 fully saturated rings. The van der Waals surface area contributed by atoms with E-state index >= 15 is 0 Å². The van der Waals surface area contributed by atoms with Crippen LogP contribution in [-0.2, 0) is 0 Å². The number of carboxylic acids is 1. The number of nitro benzene ring substituents is 1. The molecule has 1 N–H and O–H groups in total. The van der Waals surface area contributed by atoms with Gasteiger partial charge in [0.05, 0.1) is 11.5 Å². The molecule has 2 rings (SSSR count). The van der Waals surface area contributed by atoms with Crippen molar-refractivity contribution in [3.05, 3.63) is 39.6 Å². The molecule has 110 valence electrons. The molecule has 0 aliphatic carbocycles. The number of hydrogen-bond donors (Lipinski definition) is 1. The number of hydrogen-bond acceptors (Lipinski definition) is 6. The number of carbonyl (C=O) groups is 1. The van der Waals surface area contributed by atoms with E-state index in [1.54, 1.807) is 19.9 Å². The average Bonchev–Trinajstić information content (AvgIpc) is 2.82. The summed E-state index contributed by atoms with van der Waals surface area (Å²) >= 11 is 0. The second-order valence-electron chi connectivity index (χ2n) is 4.12. The Balaban J connectivity index is 2.65. The molecule has 0 atom stereocenters. The first-order chi connectivity index (χ1) is 9.95. The van der Waals surface area contributed by atoms with E-state index in [1.165, 1.54) is 12.1 Å². The number of aryl methyl sites for hydroxylation is 1. The molecule has 21 heavy (non-hydrogen) atoms. The van der Waals surface area contributed by atoms with Gasteiger partial charge in [0.15, 0.2) is 0 Å². The number of aromatic carboxylic acids is 1. The van der Waals surface area contributed by atoms with E-state index < -0.39 is 16.6 Å². The SMILES string of the molecule is CCOc1oc(-c2c(C)cccc2[N+](=O)[O-])nc1C(=O)O. The van der Waals surface area contributed by atoms with E-state index in [1.807, 2.05) is 0 Å². The summed E-state index contributed by atoms with van der Waals surface area (Å²) in [6.45, 7) is 3.49. The lowest BCUT2D eigenvalue weighted by Crippen LogP contribution is -2.01. The predicted octanol–water partition coefficient (Wildman–Crippen LogP) is 2.66. The molecular weight excluding hydrogens is 280 g/mol. The van der Waals surface area contributed by atoms with Crippen molar-refractivity contribution in [1.29, 1.82) is 0 Å². The van der Waals surface area contributed by atoms with Crippen LogP contribution in [0.25, 0.3) is 11.5 Å². The van der Waals surface area contributed by atoms with Gasteiger partial charge in [-0.05, 0) is 19.4 Å². The highest BCUT2D eigenvalue weighted by Crippen LogP contribution is 2.35. The third-order valence-corrected chi connectivity index (χ3v) is 2.74. The molecule has 0 bridgehead atoms. The standard InChI is InChI=1S/C13H12N2O6/c1-3-20-13-10(12(16)17)14-11(21-13)9-7(2)5-4-6-8(9)15(18)19/h4-6H,3H2,1-2H3,(H,16,17). The molecule has 0 saturated heterocycles. The van der Waals surface area contributed by atoms with E-state index in [4.69, 9.17) is 14.3 Å². The highest BCUT2D eigenvalue weighted by atomic mass is 16.6. The number of aromatic nitrogens is 1. The molecule has 0 unspecified atom stereocenters. The average molecular weight is 292 g/mol. The Bertz CT molecular complexity index is 707. The molecule has 0 saturated carbocycles. The number of nitro groups is 1. The van der Waals surface area contributed by atoms with Gasteiger partial charge < -0.3 is 14.3 Å². The van der Waals surface area contributed by atoms with Crippen molar-refractivity contribution in [1.82, 2.24) is 4.98 Å². The zero-order valence-corrected chi connectivity index (χ0v) is 11.3. The molecule has 8 heteroatoms. The second-order valence-corrected chi connectivity index (χ2v) is 4.12. The number of rotatable bonds is 5. The van der Waals surface area contributed by atoms with Crippen molar-refractivity contribution < 1.29 is 24.0 Å². The maximum atomic E-state index is 11.1. The van der Waals surface area contributed by atoms with E-state index in [0.29, 0.717) is 5.56 Å². The van der Waals surface area contributed by atoms with Gasteiger partial charge in [0.25, 0.3) is 5.69 Å². The lowest BCUT2D eigenvalue weighted by atomic mass is 10.1. The maximum Gasteiger partial charge on any atom is 0.362 e. The van der Waals surface area contributed by atoms with Crippen LogP contribution in [0.1, 0.15) is 23.0 Å². The number of oxazole rings is 1. The number of ether oxygens (including phenoxy) is 1. The first kappa shape index (κ1) is 14.5. The van der Waals surface area contributed by atoms with Crippen LogP contribution in [-0.4, -0.2) is 27.6 Å². The van der Waals surface area contributed by atoms with Crippen LogP contribution in [0.15, 0.2) is 22.6 Å². The summed E-state index contributed by atoms with van der Waals surface area (Å²) in [4.78, 5) is 25.4. The predicted molar refractivity (Wildman–Crippen MR) is 71.5 cm³/mol. The Hall–Kier alpha value is -2.90. The Kier molecular flexibility index (Phi) is 3.88. The Morgan fingerprint density at radius 1 is 1.52 bits per heavy atom. The topological polar surface area (TPSA) is 116 Å². The summed E-state index contributed by atoms with van der Waals surface area (Å²) in [5.74, 6) is -1.75. The fourth-order valence-corrected chi connectivity index (χ4v) is 1.86. The largest absolute Gasteiger partial charge is 0.476 e. The van der Waals surface area contributed by atoms with Gasteiger partial charge in [-0.3, -0.25) is 10.1 Å². The molecule has 0 aliphatic rings. The highest BCUT2D eigenvalue weighted by molar-refractivity contribution is 5.89. The lowest BCUT2D eigenvalue weighted by molar-refractivity contribution is -0.384. The van der Waals surface area contributed by atoms with Crippen LogP contribution in [0.3, 0.4) is 0 Å². The smallest absolute Gasteiger partial charge is 0.362 e. The Morgan fingerprint density at radius 3 is 2.81 bits per heavy atom. The molecule has 0 aliphatic heterocycles. The van der Waals surface area contributed by atoms with Crippen molar-refractivity contribution in [3.63, 3.8) is 0 Å². The molecule has 0 radical (unpaired) electrons. The fourth-order valence-electron chi connectivity index (χ4n) is 1.86. The fraction of sp³-hybridized carbons (Fsp3) is 0.231. The van der Waals surface area contributed by atoms with Gasteiger partial charge in [-0.1, -0.05) is 12.1 Å². The third-order valence-electron chi connectivity index (χ3n) is 2.74. The van der Waals surface area contributed by atoms with Crippen LogP contribution < -0.4 is 4.74 Å². The minimum atomic E-state index is -1.33. The molecule has 1 aromatic carbocycles. The van der Waals surface area contributed by atoms with Crippen molar-refractivity contribution >= 4 is 11.7 Å². The summed E-state index contributed by atoms with van der Waals surface area (Å²) in [5.41, 5.74) is 0.0574. The molecule has 2 aromatic rings. The van der Waals surface area contributed by atoms with Crippen molar-refractivity contribution in [2.24, 2.45) is 0 Å². The Morgan fingerprint density at radius 2 is 2.24 bits per heavy atom. The first-order valence-electron chi connectivity index (χ1n) is 6.07. The Labute approximate surface area is 119 Å². The second kappa shape index (κ2) is 5.61. The zero-order chi connectivity index (χ0) is 15.6. The minimum Gasteiger partial charge on any atom is -0.476 e. The van der Waals surface area contributed by atoms with Gasteiger partial charge in [-0.25, -0.2) is 4.79 Å². The quantitative estimate of drug-likeness (QED) is 0.665. The van der Waals surface area contributed by atoms with Crippen LogP contribution >= 0.6 is 0 Å². The van der Waals surface area contributed by atoms with Crippen LogP contribution in [0.5, 0.6) is 5.95 Å². The summed E-state index contributed by atoms with van der Waals surface area (Å²) in [7, 11) is 0. The zero-order valence-electron chi connectivity index (χ0n) is 11.3. The monoisotopic (exact) mass is 292 g/mol. The molecule has 8 nitrogen and oxygen atoms in total. The van der Waals surface area contributed by atoms with Crippen molar-refractivity contribution in [2.75, 3.05) is 6.61 Å². The molecule has 1 heterocycles. The van der Waals surface area contributed by atoms with Gasteiger partial charge in [0.1, 0.15) is 5.56 Å². The number of nitrogens with zero attached hydrogens (tertiary/aromatic N) is 2. The number of benzene rings is 1. The third kappa shape index (κ3) is 2.69. The van der Waals surface area contributed by atoms with Gasteiger partial charge in [0.2, 0.25) is 11.6 Å². The van der Waals surface area contributed by atoms with Crippen LogP contribution in [0, 0.1) is 17.0 Å². The van der Waals surface area contributed by atoms with E-state index in [9.17, 15) is 14.9 Å². The van der Waals surface area contributed by atoms with Crippen LogP contribution in [0.2, 0.25) is 0 Å². The minimum absolute atomic E-state index is 0.135. The van der Waals surface area contributed by atoms with Crippen molar-refractivity contribution in [2.45, 2.75) is 13.8 Å².